The average Bonchev–Trinajstić information content (AvgIpc) is 2.70. The van der Waals surface area contributed by atoms with Crippen LogP contribution in [-0.2, 0) is 21.4 Å². The molecule has 10 heteroatoms. The number of nitrogens with zero attached hydrogens (tertiary/aromatic N) is 2. The molecule has 0 radical (unpaired) electrons. The Morgan fingerprint density at radius 3 is 2.48 bits per heavy atom. The van der Waals surface area contributed by atoms with Gasteiger partial charge in [-0.25, -0.2) is 17.6 Å². The number of halogens is 3. The summed E-state index contributed by atoms with van der Waals surface area (Å²) in [5, 5.41) is 0.313. The maximum Gasteiger partial charge on any atom is 0.414 e. The number of carbonyl (C=O) groups excluding carboxylic acids is 1. The fraction of sp³-hybridized carbons (Fsp3) is 0.316. The lowest BCUT2D eigenvalue weighted by Gasteiger charge is -2.39. The van der Waals surface area contributed by atoms with Crippen LogP contribution in [0.3, 0.4) is 0 Å². The summed E-state index contributed by atoms with van der Waals surface area (Å²) < 4.78 is 45.7. The SMILES string of the molecule is O=C1OCc2cc(Cl)ccc2N1C1CCN(S(=O)(=O)c2ccc(F)c(Cl)c2)CC1. The first-order valence-electron chi connectivity index (χ1n) is 8.97. The number of fused-ring (bicyclic) bond motifs is 1. The van der Waals surface area contributed by atoms with Gasteiger partial charge in [-0.3, -0.25) is 4.90 Å². The Morgan fingerprint density at radius 1 is 1.07 bits per heavy atom. The van der Waals surface area contributed by atoms with Gasteiger partial charge in [0, 0.05) is 29.7 Å². The van der Waals surface area contributed by atoms with Gasteiger partial charge in [0.1, 0.15) is 12.4 Å². The number of amides is 1. The van der Waals surface area contributed by atoms with Crippen LogP contribution in [-0.4, -0.2) is 37.9 Å². The molecule has 1 fully saturated rings. The largest absolute Gasteiger partial charge is 0.444 e. The summed E-state index contributed by atoms with van der Waals surface area (Å²) in [5.74, 6) is -0.674. The van der Waals surface area contributed by atoms with Gasteiger partial charge in [-0.15, -0.1) is 0 Å². The van der Waals surface area contributed by atoms with E-state index in [1.54, 1.807) is 23.1 Å². The first-order valence-corrected chi connectivity index (χ1v) is 11.2. The highest BCUT2D eigenvalue weighted by atomic mass is 35.5. The van der Waals surface area contributed by atoms with Gasteiger partial charge in [-0.1, -0.05) is 23.2 Å². The lowest BCUT2D eigenvalue weighted by atomic mass is 10.0. The van der Waals surface area contributed by atoms with Crippen LogP contribution in [0.1, 0.15) is 18.4 Å². The van der Waals surface area contributed by atoms with Crippen molar-refractivity contribution in [3.63, 3.8) is 0 Å². The van der Waals surface area contributed by atoms with Crippen LogP contribution in [0.2, 0.25) is 10.0 Å². The molecule has 1 saturated heterocycles. The van der Waals surface area contributed by atoms with E-state index in [-0.39, 0.29) is 35.7 Å². The molecular formula is C19H17Cl2FN2O4S. The molecule has 0 aliphatic carbocycles. The Labute approximate surface area is 177 Å². The van der Waals surface area contributed by atoms with Crippen molar-refractivity contribution in [2.75, 3.05) is 18.0 Å². The summed E-state index contributed by atoms with van der Waals surface area (Å²) in [5.41, 5.74) is 1.55. The predicted molar refractivity (Wildman–Crippen MR) is 107 cm³/mol. The molecule has 4 rings (SSSR count). The summed E-state index contributed by atoms with van der Waals surface area (Å²) >= 11 is 11.8. The molecule has 6 nitrogen and oxygen atoms in total. The second kappa shape index (κ2) is 7.75. The number of anilines is 1. The Hall–Kier alpha value is -1.87. The fourth-order valence-corrected chi connectivity index (χ4v) is 5.62. The van der Waals surface area contributed by atoms with E-state index in [0.29, 0.717) is 17.9 Å². The summed E-state index contributed by atoms with van der Waals surface area (Å²) in [7, 11) is -3.81. The minimum Gasteiger partial charge on any atom is -0.444 e. The van der Waals surface area contributed by atoms with Gasteiger partial charge in [0.2, 0.25) is 10.0 Å². The molecule has 2 heterocycles. The van der Waals surface area contributed by atoms with Gasteiger partial charge in [0.25, 0.3) is 0 Å². The Morgan fingerprint density at radius 2 is 1.79 bits per heavy atom. The molecule has 154 valence electrons. The zero-order valence-corrected chi connectivity index (χ0v) is 17.5. The highest BCUT2D eigenvalue weighted by molar-refractivity contribution is 7.89. The third kappa shape index (κ3) is 3.82. The second-order valence-electron chi connectivity index (χ2n) is 6.91. The molecule has 0 atom stereocenters. The number of hydrogen-bond acceptors (Lipinski definition) is 4. The van der Waals surface area contributed by atoms with E-state index in [1.807, 2.05) is 0 Å². The van der Waals surface area contributed by atoms with Gasteiger partial charge in [-0.2, -0.15) is 4.31 Å². The monoisotopic (exact) mass is 458 g/mol. The van der Waals surface area contributed by atoms with Crippen LogP contribution in [0.5, 0.6) is 0 Å². The molecule has 0 saturated carbocycles. The normalized spacial score (nSPS) is 18.4. The highest BCUT2D eigenvalue weighted by Gasteiger charge is 2.37. The molecule has 0 aromatic heterocycles. The van der Waals surface area contributed by atoms with E-state index < -0.39 is 21.9 Å². The maximum absolute atomic E-state index is 13.4. The fourth-order valence-electron chi connectivity index (χ4n) is 3.68. The molecule has 0 N–H and O–H groups in total. The summed E-state index contributed by atoms with van der Waals surface area (Å²) in [6.07, 6.45) is 0.419. The van der Waals surface area contributed by atoms with E-state index in [2.05, 4.69) is 0 Å². The molecule has 2 aromatic carbocycles. The molecule has 2 aliphatic rings. The smallest absolute Gasteiger partial charge is 0.414 e. The summed E-state index contributed by atoms with van der Waals surface area (Å²) in [4.78, 5) is 13.9. The highest BCUT2D eigenvalue weighted by Crippen LogP contribution is 2.34. The minimum absolute atomic E-state index is 0.0558. The van der Waals surface area contributed by atoms with Gasteiger partial charge < -0.3 is 4.74 Å². The van der Waals surface area contributed by atoms with Crippen LogP contribution in [0, 0.1) is 5.82 Å². The van der Waals surface area contributed by atoms with E-state index in [9.17, 15) is 17.6 Å². The molecule has 2 aromatic rings. The molecule has 0 unspecified atom stereocenters. The Balaban J connectivity index is 1.52. The average molecular weight is 459 g/mol. The van der Waals surface area contributed by atoms with Crippen LogP contribution >= 0.6 is 23.2 Å². The molecule has 2 aliphatic heterocycles. The van der Waals surface area contributed by atoms with Crippen molar-refractivity contribution in [1.29, 1.82) is 0 Å². The lowest BCUT2D eigenvalue weighted by Crippen LogP contribution is -2.50. The van der Waals surface area contributed by atoms with E-state index in [1.165, 1.54) is 10.4 Å². The number of cyclic esters (lactones) is 1. The van der Waals surface area contributed by atoms with Crippen LogP contribution < -0.4 is 4.90 Å². The molecular weight excluding hydrogens is 442 g/mol. The third-order valence-corrected chi connectivity index (χ3v) is 7.59. The second-order valence-corrected chi connectivity index (χ2v) is 9.69. The van der Waals surface area contributed by atoms with E-state index >= 15 is 0 Å². The van der Waals surface area contributed by atoms with Gasteiger partial charge in [-0.05, 0) is 49.2 Å². The van der Waals surface area contributed by atoms with Crippen LogP contribution in [0.25, 0.3) is 0 Å². The van der Waals surface area contributed by atoms with Crippen LogP contribution in [0.15, 0.2) is 41.3 Å². The topological polar surface area (TPSA) is 66.9 Å². The number of sulfonamides is 1. The Bertz CT molecular complexity index is 1070. The minimum atomic E-state index is -3.81. The van der Waals surface area contributed by atoms with Gasteiger partial charge in [0.05, 0.1) is 15.6 Å². The molecule has 0 spiro atoms. The predicted octanol–water partition coefficient (Wildman–Crippen LogP) is 4.44. The van der Waals surface area contributed by atoms with Gasteiger partial charge >= 0.3 is 6.09 Å². The first kappa shape index (κ1) is 20.4. The third-order valence-electron chi connectivity index (χ3n) is 5.17. The van der Waals surface area contributed by atoms with Crippen molar-refractivity contribution >= 4 is 45.0 Å². The standard InChI is InChI=1S/C19H17Cl2FN2O4S/c20-13-1-4-18-12(9-13)11-28-19(25)24(18)14-5-7-23(8-6-14)29(26,27)15-2-3-17(22)16(21)10-15/h1-4,9-10,14H,5-8,11H2. The molecule has 29 heavy (non-hydrogen) atoms. The lowest BCUT2D eigenvalue weighted by molar-refractivity contribution is 0.136. The van der Waals surface area contributed by atoms with Crippen molar-refractivity contribution in [2.45, 2.75) is 30.4 Å². The summed E-state index contributed by atoms with van der Waals surface area (Å²) in [6.45, 7) is 0.590. The van der Waals surface area contributed by atoms with Crippen molar-refractivity contribution in [3.8, 4) is 0 Å². The van der Waals surface area contributed by atoms with E-state index in [0.717, 1.165) is 23.4 Å². The zero-order chi connectivity index (χ0) is 20.8. The number of hydrogen-bond donors (Lipinski definition) is 0. The van der Waals surface area contributed by atoms with Crippen LogP contribution in [0.4, 0.5) is 14.9 Å². The quantitative estimate of drug-likeness (QED) is 0.681. The summed E-state index contributed by atoms with van der Waals surface area (Å²) in [6, 6.07) is 8.39. The van der Waals surface area contributed by atoms with Crippen molar-refractivity contribution in [1.82, 2.24) is 4.31 Å². The van der Waals surface area contributed by atoms with Crippen molar-refractivity contribution in [2.24, 2.45) is 0 Å². The van der Waals surface area contributed by atoms with Crippen molar-refractivity contribution in [3.05, 3.63) is 57.8 Å². The molecule has 1 amide bonds. The zero-order valence-electron chi connectivity index (χ0n) is 15.1. The molecule has 0 bridgehead atoms. The number of ether oxygens (including phenoxy) is 1. The van der Waals surface area contributed by atoms with Crippen molar-refractivity contribution < 1.29 is 22.3 Å². The number of rotatable bonds is 3. The number of benzene rings is 2. The maximum atomic E-state index is 13.4. The van der Waals surface area contributed by atoms with Gasteiger partial charge in [0.15, 0.2) is 0 Å². The number of piperidine rings is 1. The first-order chi connectivity index (χ1) is 13.8. The van der Waals surface area contributed by atoms with E-state index in [4.69, 9.17) is 27.9 Å². The number of carbonyl (C=O) groups is 1. The Kier molecular flexibility index (Phi) is 5.46.